The van der Waals surface area contributed by atoms with E-state index in [2.05, 4.69) is 10.3 Å². The highest BCUT2D eigenvalue weighted by molar-refractivity contribution is 7.19. The monoisotopic (exact) mass is 546 g/mol. The minimum absolute atomic E-state index is 0.0111. The summed E-state index contributed by atoms with van der Waals surface area (Å²) in [5, 5.41) is 9.06. The number of nitrogens with one attached hydrogen (secondary N) is 1. The van der Waals surface area contributed by atoms with Gasteiger partial charge in [0.05, 0.1) is 32.7 Å². The molecule has 0 aliphatic heterocycles. The molecule has 8 nitrogen and oxygen atoms in total. The summed E-state index contributed by atoms with van der Waals surface area (Å²) in [5.74, 6) is 0.595. The Bertz CT molecular complexity index is 1540. The van der Waals surface area contributed by atoms with Gasteiger partial charge in [-0.1, -0.05) is 35.8 Å². The summed E-state index contributed by atoms with van der Waals surface area (Å²) in [6, 6.07) is 9.16. The normalized spacial score (nSPS) is 14.1. The third-order valence-corrected chi connectivity index (χ3v) is 8.32. The molecule has 1 N–H and O–H groups in total. The number of aromatic nitrogens is 4. The van der Waals surface area contributed by atoms with Gasteiger partial charge in [-0.3, -0.25) is 14.6 Å². The minimum atomic E-state index is -0.121. The Kier molecular flexibility index (Phi) is 6.49. The summed E-state index contributed by atoms with van der Waals surface area (Å²) in [6.45, 7) is 0. The van der Waals surface area contributed by atoms with Gasteiger partial charge in [0.25, 0.3) is 5.91 Å². The average Bonchev–Trinajstić information content (AvgIpc) is 3.54. The quantitative estimate of drug-likeness (QED) is 0.324. The Morgan fingerprint density at radius 2 is 2.05 bits per heavy atom. The Balaban J connectivity index is 1.43. The number of carbonyl (C=O) groups is 2. The fourth-order valence-corrected chi connectivity index (χ4v) is 6.17. The van der Waals surface area contributed by atoms with Crippen LogP contribution in [0.15, 0.2) is 42.7 Å². The predicted molar refractivity (Wildman–Crippen MR) is 149 cm³/mol. The van der Waals surface area contributed by atoms with Gasteiger partial charge in [0.15, 0.2) is 5.13 Å². The fourth-order valence-electron chi connectivity index (χ4n) is 4.83. The number of benzene rings is 1. The number of thiazole rings is 1. The number of anilines is 1. The van der Waals surface area contributed by atoms with Gasteiger partial charge in [-0.2, -0.15) is 5.10 Å². The van der Waals surface area contributed by atoms with Crippen molar-refractivity contribution in [1.29, 1.82) is 0 Å². The van der Waals surface area contributed by atoms with E-state index in [4.69, 9.17) is 21.7 Å². The van der Waals surface area contributed by atoms with Gasteiger partial charge in [0.2, 0.25) is 5.91 Å². The number of aryl methyl sites for hydroxylation is 1. The van der Waals surface area contributed by atoms with E-state index in [1.165, 1.54) is 29.1 Å². The molecule has 10 heteroatoms. The topological polar surface area (TPSA) is 93.0 Å². The van der Waals surface area contributed by atoms with Gasteiger partial charge in [0, 0.05) is 49.6 Å². The first-order valence-electron chi connectivity index (χ1n) is 12.7. The number of halogens is 1. The van der Waals surface area contributed by atoms with Crippen molar-refractivity contribution in [3.63, 3.8) is 0 Å². The van der Waals surface area contributed by atoms with Crippen molar-refractivity contribution in [2.24, 2.45) is 5.92 Å². The lowest BCUT2D eigenvalue weighted by Crippen LogP contribution is -2.21. The molecule has 1 saturated carbocycles. The zero-order valence-corrected chi connectivity index (χ0v) is 22.8. The van der Waals surface area contributed by atoms with E-state index in [0.29, 0.717) is 33.7 Å². The van der Waals surface area contributed by atoms with Gasteiger partial charge < -0.3 is 10.2 Å². The number of carbonyl (C=O) groups excluding carboxylic acids is 2. The van der Waals surface area contributed by atoms with Crippen LogP contribution in [0.25, 0.3) is 27.5 Å². The van der Waals surface area contributed by atoms with Crippen LogP contribution < -0.4 is 5.32 Å². The molecule has 0 bridgehead atoms. The van der Waals surface area contributed by atoms with Crippen LogP contribution in [0.1, 0.15) is 47.3 Å². The van der Waals surface area contributed by atoms with Crippen LogP contribution in [0.4, 0.5) is 5.13 Å². The number of rotatable bonds is 7. The Morgan fingerprint density at radius 1 is 1.21 bits per heavy atom. The van der Waals surface area contributed by atoms with Crippen molar-refractivity contribution in [3.8, 4) is 27.5 Å². The van der Waals surface area contributed by atoms with Crippen molar-refractivity contribution in [3.05, 3.63) is 64.6 Å². The lowest BCUT2D eigenvalue weighted by atomic mass is 9.95. The molecule has 2 aliphatic rings. The second kappa shape index (κ2) is 9.96. The van der Waals surface area contributed by atoms with Crippen LogP contribution in [0.3, 0.4) is 0 Å². The molecule has 6 rings (SSSR count). The first kappa shape index (κ1) is 24.8. The average molecular weight is 547 g/mol. The number of fused-ring (bicyclic) bond motifs is 3. The minimum Gasteiger partial charge on any atom is -0.345 e. The first-order valence-corrected chi connectivity index (χ1v) is 13.9. The van der Waals surface area contributed by atoms with Crippen LogP contribution >= 0.6 is 22.9 Å². The lowest BCUT2D eigenvalue weighted by molar-refractivity contribution is -0.116. The predicted octanol–water partition coefficient (Wildman–Crippen LogP) is 5.64. The molecule has 0 atom stereocenters. The summed E-state index contributed by atoms with van der Waals surface area (Å²) < 4.78 is 1.85. The SMILES string of the molecule is CN(C)C(=O)c1ccc(-n2nc(-c3cccnc3)c3c2-c2sc(NC(=O)CCC4CC4)nc2CC3)c(Cl)c1. The number of hydrogen-bond donors (Lipinski definition) is 1. The third-order valence-electron chi connectivity index (χ3n) is 6.99. The highest BCUT2D eigenvalue weighted by atomic mass is 35.5. The van der Waals surface area contributed by atoms with Crippen LogP contribution in [0.5, 0.6) is 0 Å². The van der Waals surface area contributed by atoms with E-state index in [9.17, 15) is 9.59 Å². The smallest absolute Gasteiger partial charge is 0.253 e. The molecule has 1 fully saturated rings. The lowest BCUT2D eigenvalue weighted by Gasteiger charge is -2.16. The molecule has 0 unspecified atom stereocenters. The fraction of sp³-hybridized carbons (Fsp3) is 0.321. The standard InChI is InChI=1S/C28H27ClN6O2S/c1-34(2)27(37)17-8-11-22(20(29)14-17)35-25-19(24(33-35)18-4-3-13-30-15-18)9-10-21-26(25)38-28(31-21)32-23(36)12-7-16-5-6-16/h3-4,8,11,13-16H,5-7,9-10,12H2,1-2H3,(H,31,32,36). The second-order valence-electron chi connectivity index (χ2n) is 10.0. The molecular weight excluding hydrogens is 520 g/mol. The summed E-state index contributed by atoms with van der Waals surface area (Å²) in [7, 11) is 3.42. The molecule has 2 amide bonds. The number of amides is 2. The molecule has 194 valence electrons. The zero-order chi connectivity index (χ0) is 26.4. The van der Waals surface area contributed by atoms with Crippen molar-refractivity contribution in [2.45, 2.75) is 38.5 Å². The molecule has 0 spiro atoms. The maximum absolute atomic E-state index is 12.5. The zero-order valence-electron chi connectivity index (χ0n) is 21.2. The number of nitrogens with zero attached hydrogens (tertiary/aromatic N) is 5. The van der Waals surface area contributed by atoms with E-state index in [0.717, 1.165) is 52.3 Å². The van der Waals surface area contributed by atoms with Gasteiger partial charge in [-0.05, 0) is 55.5 Å². The summed E-state index contributed by atoms with van der Waals surface area (Å²) in [6.07, 6.45) is 8.98. The molecule has 0 radical (unpaired) electrons. The second-order valence-corrected chi connectivity index (χ2v) is 11.4. The van der Waals surface area contributed by atoms with Crippen LogP contribution in [0.2, 0.25) is 5.02 Å². The highest BCUT2D eigenvalue weighted by Crippen LogP contribution is 2.45. The summed E-state index contributed by atoms with van der Waals surface area (Å²) in [4.78, 5) is 36.6. The third kappa shape index (κ3) is 4.72. The number of pyridine rings is 1. The molecular formula is C28H27ClN6O2S. The highest BCUT2D eigenvalue weighted by Gasteiger charge is 2.31. The molecule has 4 aromatic rings. The molecule has 0 saturated heterocycles. The maximum atomic E-state index is 12.5. The Hall–Kier alpha value is -3.56. The van der Waals surface area contributed by atoms with E-state index in [-0.39, 0.29) is 11.8 Å². The van der Waals surface area contributed by atoms with Crippen molar-refractivity contribution < 1.29 is 9.59 Å². The van der Waals surface area contributed by atoms with Crippen molar-refractivity contribution >= 4 is 39.9 Å². The van der Waals surface area contributed by atoms with E-state index < -0.39 is 0 Å². The molecule has 38 heavy (non-hydrogen) atoms. The van der Waals surface area contributed by atoms with Crippen LogP contribution in [-0.2, 0) is 17.6 Å². The molecule has 3 heterocycles. The molecule has 1 aromatic carbocycles. The van der Waals surface area contributed by atoms with Crippen LogP contribution in [-0.4, -0.2) is 50.6 Å². The van der Waals surface area contributed by atoms with E-state index in [1.807, 2.05) is 22.9 Å². The van der Waals surface area contributed by atoms with E-state index in [1.54, 1.807) is 38.6 Å². The Morgan fingerprint density at radius 3 is 2.76 bits per heavy atom. The molecule has 2 aliphatic carbocycles. The summed E-state index contributed by atoms with van der Waals surface area (Å²) >= 11 is 8.23. The summed E-state index contributed by atoms with van der Waals surface area (Å²) in [5.41, 5.74) is 5.87. The van der Waals surface area contributed by atoms with Gasteiger partial charge in [-0.15, -0.1) is 0 Å². The number of hydrogen-bond acceptors (Lipinski definition) is 6. The Labute approximate surface area is 229 Å². The van der Waals surface area contributed by atoms with Crippen LogP contribution in [0, 0.1) is 5.92 Å². The van der Waals surface area contributed by atoms with Gasteiger partial charge in [-0.25, -0.2) is 9.67 Å². The van der Waals surface area contributed by atoms with Gasteiger partial charge in [0.1, 0.15) is 0 Å². The first-order chi connectivity index (χ1) is 18.4. The van der Waals surface area contributed by atoms with Crippen molar-refractivity contribution in [2.75, 3.05) is 19.4 Å². The van der Waals surface area contributed by atoms with Crippen molar-refractivity contribution in [1.82, 2.24) is 24.6 Å². The van der Waals surface area contributed by atoms with Gasteiger partial charge >= 0.3 is 0 Å². The van der Waals surface area contributed by atoms with E-state index >= 15 is 0 Å². The maximum Gasteiger partial charge on any atom is 0.253 e. The molecule has 3 aromatic heterocycles. The largest absolute Gasteiger partial charge is 0.345 e.